The van der Waals surface area contributed by atoms with E-state index in [1.54, 1.807) is 6.26 Å². The van der Waals surface area contributed by atoms with Crippen molar-refractivity contribution in [1.29, 1.82) is 0 Å². The number of rotatable bonds is 4. The molecule has 1 N–H and O–H groups in total. The van der Waals surface area contributed by atoms with Crippen LogP contribution in [-0.2, 0) is 0 Å². The molecule has 0 amide bonds. The van der Waals surface area contributed by atoms with Crippen LogP contribution in [0.25, 0.3) is 0 Å². The van der Waals surface area contributed by atoms with Crippen molar-refractivity contribution >= 4 is 40.2 Å². The molecule has 1 unspecified atom stereocenters. The van der Waals surface area contributed by atoms with Gasteiger partial charge in [-0.05, 0) is 48.9 Å². The number of hydrogen-bond donors (Lipinski definition) is 1. The fourth-order valence-electron chi connectivity index (χ4n) is 2.11. The predicted octanol–water partition coefficient (Wildman–Crippen LogP) is 6.16. The molecule has 0 aliphatic carbocycles. The van der Waals surface area contributed by atoms with Crippen LogP contribution < -0.4 is 5.32 Å². The van der Waals surface area contributed by atoms with Crippen LogP contribution >= 0.6 is 34.5 Å². The summed E-state index contributed by atoms with van der Waals surface area (Å²) in [5, 5.41) is 4.12. The molecular weight excluding hydrogens is 325 g/mol. The fraction of sp³-hybridized carbons (Fsp3) is 0.125. The summed E-state index contributed by atoms with van der Waals surface area (Å²) in [6, 6.07) is 13.5. The molecule has 0 bridgehead atoms. The highest BCUT2D eigenvalue weighted by Crippen LogP contribution is 2.35. The number of halogens is 2. The van der Waals surface area contributed by atoms with Crippen LogP contribution in [0.5, 0.6) is 0 Å². The van der Waals surface area contributed by atoms with Crippen molar-refractivity contribution in [3.63, 3.8) is 0 Å². The highest BCUT2D eigenvalue weighted by molar-refractivity contribution is 7.16. The number of nitrogens with one attached hydrogen (secondary N) is 1. The van der Waals surface area contributed by atoms with Gasteiger partial charge in [0.25, 0.3) is 0 Å². The maximum absolute atomic E-state index is 6.31. The summed E-state index contributed by atoms with van der Waals surface area (Å²) in [5.41, 5.74) is 1.99. The topological polar surface area (TPSA) is 25.2 Å². The molecule has 2 nitrogen and oxygen atoms in total. The van der Waals surface area contributed by atoms with Crippen molar-refractivity contribution in [3.05, 3.63) is 74.3 Å². The molecule has 108 valence electrons. The van der Waals surface area contributed by atoms with Gasteiger partial charge in [-0.1, -0.05) is 29.3 Å². The van der Waals surface area contributed by atoms with Crippen LogP contribution in [0.15, 0.2) is 53.1 Å². The number of anilines is 1. The van der Waals surface area contributed by atoms with Crippen molar-refractivity contribution < 1.29 is 4.42 Å². The largest absolute Gasteiger partial charge is 0.467 e. The second kappa shape index (κ2) is 6.14. The Morgan fingerprint density at radius 3 is 2.62 bits per heavy atom. The van der Waals surface area contributed by atoms with E-state index in [9.17, 15) is 0 Å². The monoisotopic (exact) mass is 337 g/mol. The van der Waals surface area contributed by atoms with Gasteiger partial charge < -0.3 is 9.73 Å². The molecule has 3 aromatic rings. The van der Waals surface area contributed by atoms with Crippen LogP contribution in [0.4, 0.5) is 5.69 Å². The molecule has 0 aliphatic rings. The van der Waals surface area contributed by atoms with Crippen molar-refractivity contribution in [2.24, 2.45) is 0 Å². The van der Waals surface area contributed by atoms with Crippen molar-refractivity contribution in [2.45, 2.75) is 13.0 Å². The summed E-state index contributed by atoms with van der Waals surface area (Å²) in [5.74, 6) is 0.824. The Balaban J connectivity index is 1.96. The first-order valence-electron chi connectivity index (χ1n) is 6.45. The molecule has 21 heavy (non-hydrogen) atoms. The Hall–Kier alpha value is -1.42. The predicted molar refractivity (Wildman–Crippen MR) is 89.7 cm³/mol. The summed E-state index contributed by atoms with van der Waals surface area (Å²) in [6.45, 7) is 2.01. The number of benzene rings is 1. The van der Waals surface area contributed by atoms with E-state index in [1.807, 2.05) is 49.4 Å². The zero-order valence-electron chi connectivity index (χ0n) is 11.3. The normalized spacial score (nSPS) is 12.3. The summed E-state index contributed by atoms with van der Waals surface area (Å²) >= 11 is 13.9. The first-order chi connectivity index (χ1) is 10.1. The van der Waals surface area contributed by atoms with Gasteiger partial charge in [0.15, 0.2) is 0 Å². The number of thiophene rings is 1. The Kier molecular flexibility index (Phi) is 4.24. The van der Waals surface area contributed by atoms with E-state index in [1.165, 1.54) is 11.3 Å². The first kappa shape index (κ1) is 14.5. The van der Waals surface area contributed by atoms with Gasteiger partial charge in [0.2, 0.25) is 0 Å². The van der Waals surface area contributed by atoms with Gasteiger partial charge in [-0.15, -0.1) is 11.3 Å². The second-order valence-corrected chi connectivity index (χ2v) is 6.87. The van der Waals surface area contributed by atoms with Crippen molar-refractivity contribution in [2.75, 3.05) is 5.32 Å². The third-order valence-electron chi connectivity index (χ3n) is 3.13. The lowest BCUT2D eigenvalue weighted by Crippen LogP contribution is -2.10. The number of aryl methyl sites for hydroxylation is 1. The highest BCUT2D eigenvalue weighted by Gasteiger charge is 2.19. The van der Waals surface area contributed by atoms with Crippen LogP contribution in [0.2, 0.25) is 9.36 Å². The molecule has 0 saturated carbocycles. The Morgan fingerprint density at radius 2 is 2.00 bits per heavy atom. The molecule has 2 heterocycles. The molecule has 0 spiro atoms. The third kappa shape index (κ3) is 3.26. The molecule has 0 aliphatic heterocycles. The minimum Gasteiger partial charge on any atom is -0.467 e. The van der Waals surface area contributed by atoms with Gasteiger partial charge >= 0.3 is 0 Å². The SMILES string of the molecule is Cc1ccc(NC(c2ccco2)c2ccc(Cl)s2)c(Cl)c1. The summed E-state index contributed by atoms with van der Waals surface area (Å²) in [7, 11) is 0. The van der Waals surface area contributed by atoms with Gasteiger partial charge in [-0.2, -0.15) is 0 Å². The van der Waals surface area contributed by atoms with E-state index in [0.29, 0.717) is 5.02 Å². The average molecular weight is 338 g/mol. The van der Waals surface area contributed by atoms with Gasteiger partial charge in [-0.25, -0.2) is 0 Å². The third-order valence-corrected chi connectivity index (χ3v) is 4.74. The van der Waals surface area contributed by atoms with E-state index in [0.717, 1.165) is 26.2 Å². The quantitative estimate of drug-likeness (QED) is 0.616. The van der Waals surface area contributed by atoms with Crippen LogP contribution in [0.3, 0.4) is 0 Å². The van der Waals surface area contributed by atoms with Gasteiger partial charge in [0, 0.05) is 4.88 Å². The van der Waals surface area contributed by atoms with E-state index in [4.69, 9.17) is 27.6 Å². The van der Waals surface area contributed by atoms with Crippen LogP contribution in [0.1, 0.15) is 22.2 Å². The minimum atomic E-state index is -0.113. The van der Waals surface area contributed by atoms with Gasteiger partial charge in [0.1, 0.15) is 11.8 Å². The maximum atomic E-state index is 6.31. The number of furan rings is 1. The Labute approximate surface area is 137 Å². The molecule has 3 rings (SSSR count). The smallest absolute Gasteiger partial charge is 0.131 e. The van der Waals surface area contributed by atoms with E-state index in [-0.39, 0.29) is 6.04 Å². The summed E-state index contributed by atoms with van der Waals surface area (Å²) < 4.78 is 6.30. The lowest BCUT2D eigenvalue weighted by molar-refractivity contribution is 0.501. The van der Waals surface area contributed by atoms with Crippen molar-refractivity contribution in [3.8, 4) is 0 Å². The zero-order chi connectivity index (χ0) is 14.8. The van der Waals surface area contributed by atoms with Crippen LogP contribution in [0, 0.1) is 6.92 Å². The second-order valence-electron chi connectivity index (χ2n) is 4.72. The van der Waals surface area contributed by atoms with Crippen LogP contribution in [-0.4, -0.2) is 0 Å². The molecule has 0 radical (unpaired) electrons. The lowest BCUT2D eigenvalue weighted by atomic mass is 10.1. The Morgan fingerprint density at radius 1 is 1.14 bits per heavy atom. The van der Waals surface area contributed by atoms with E-state index < -0.39 is 0 Å². The zero-order valence-corrected chi connectivity index (χ0v) is 13.6. The molecule has 1 aromatic carbocycles. The lowest BCUT2D eigenvalue weighted by Gasteiger charge is -2.18. The molecule has 5 heteroatoms. The molecule has 2 aromatic heterocycles. The Bertz CT molecular complexity index is 737. The van der Waals surface area contributed by atoms with E-state index >= 15 is 0 Å². The fourth-order valence-corrected chi connectivity index (χ4v) is 3.52. The number of hydrogen-bond acceptors (Lipinski definition) is 3. The highest BCUT2D eigenvalue weighted by atomic mass is 35.5. The standard InChI is InChI=1S/C16H13Cl2NOS/c1-10-4-5-12(11(17)9-10)19-16(13-3-2-8-20-13)14-6-7-15(18)21-14/h2-9,16,19H,1H3. The first-order valence-corrected chi connectivity index (χ1v) is 8.02. The van der Waals surface area contributed by atoms with Gasteiger partial charge in [0.05, 0.1) is 21.3 Å². The summed E-state index contributed by atoms with van der Waals surface area (Å²) in [4.78, 5) is 1.08. The molecular formula is C16H13Cl2NOS. The van der Waals surface area contributed by atoms with Gasteiger partial charge in [-0.3, -0.25) is 0 Å². The molecule has 0 saturated heterocycles. The molecule has 0 fully saturated rings. The average Bonchev–Trinajstić information content (AvgIpc) is 3.09. The van der Waals surface area contributed by atoms with Crippen molar-refractivity contribution in [1.82, 2.24) is 0 Å². The maximum Gasteiger partial charge on any atom is 0.131 e. The molecule has 1 atom stereocenters. The summed E-state index contributed by atoms with van der Waals surface area (Å²) in [6.07, 6.45) is 1.66. The van der Waals surface area contributed by atoms with E-state index in [2.05, 4.69) is 5.32 Å². The minimum absolute atomic E-state index is 0.113.